The molecule has 0 rings (SSSR count). The maximum atomic E-state index is 11.8. The Bertz CT molecular complexity index is 235. The first-order chi connectivity index (χ1) is 7.07. The van der Waals surface area contributed by atoms with E-state index in [4.69, 9.17) is 16.6 Å². The Hall–Kier alpha value is -0.240. The monoisotopic (exact) mass is 309 g/mol. The van der Waals surface area contributed by atoms with Gasteiger partial charge in [0.2, 0.25) is 0 Å². The van der Waals surface area contributed by atoms with Gasteiger partial charge in [-0.05, 0) is 12.2 Å². The summed E-state index contributed by atoms with van der Waals surface area (Å²) in [5.41, 5.74) is 10.4. The van der Waals surface area contributed by atoms with Crippen molar-refractivity contribution in [3.05, 3.63) is 0 Å². The molecule has 0 aliphatic rings. The quantitative estimate of drug-likeness (QED) is 0.348. The number of rotatable bonds is 8. The van der Waals surface area contributed by atoms with Crippen LogP contribution in [0, 0.1) is 0 Å². The van der Waals surface area contributed by atoms with Crippen molar-refractivity contribution < 1.29 is 14.3 Å². The van der Waals surface area contributed by atoms with Gasteiger partial charge in [0, 0.05) is 12.3 Å². The molecule has 17 heavy (non-hydrogen) atoms. The lowest BCUT2D eigenvalue weighted by molar-refractivity contribution is -0.137. The fourth-order valence-corrected chi connectivity index (χ4v) is 1.61. The van der Waals surface area contributed by atoms with Crippen molar-refractivity contribution in [2.24, 2.45) is 16.5 Å². The van der Waals surface area contributed by atoms with E-state index in [1.54, 1.807) is 0 Å². The molecule has 5 N–H and O–H groups in total. The van der Waals surface area contributed by atoms with Crippen LogP contribution in [0.3, 0.4) is 0 Å². The van der Waals surface area contributed by atoms with E-state index in [0.717, 1.165) is 12.2 Å². The minimum atomic E-state index is -0.998. The van der Waals surface area contributed by atoms with Crippen LogP contribution in [0.15, 0.2) is 4.99 Å². The Morgan fingerprint density at radius 1 is 1.47 bits per heavy atom. The summed E-state index contributed by atoms with van der Waals surface area (Å²) < 4.78 is 11.8. The molecular weight excluding hydrogens is 292 g/mol. The van der Waals surface area contributed by atoms with Crippen molar-refractivity contribution in [3.8, 4) is 0 Å². The molecule has 0 spiro atoms. The predicted octanol–water partition coefficient (Wildman–Crippen LogP) is 0.692. The summed E-state index contributed by atoms with van der Waals surface area (Å²) in [6.45, 7) is -0.262. The van der Waals surface area contributed by atoms with Gasteiger partial charge >= 0.3 is 5.97 Å². The summed E-state index contributed by atoms with van der Waals surface area (Å²) in [7, 11) is 0. The summed E-state index contributed by atoms with van der Waals surface area (Å²) in [6, 6.07) is -0.825. The van der Waals surface area contributed by atoms with Gasteiger partial charge in [0.05, 0.1) is 0 Å². The molecule has 0 saturated carbocycles. The van der Waals surface area contributed by atoms with E-state index >= 15 is 0 Å². The number of nitrogens with two attached hydrogens (primary N) is 2. The highest BCUT2D eigenvalue weighted by molar-refractivity contribution is 7.99. The fourth-order valence-electron chi connectivity index (χ4n) is 0.713. The third-order valence-electron chi connectivity index (χ3n) is 1.51. The largest absolute Gasteiger partial charge is 0.480 e. The minimum absolute atomic E-state index is 0. The normalized spacial score (nSPS) is 12.2. The summed E-state index contributed by atoms with van der Waals surface area (Å²) in [5.74, 6) is 0.117. The molecule has 0 aromatic heterocycles. The van der Waals surface area contributed by atoms with Crippen molar-refractivity contribution in [3.63, 3.8) is 0 Å². The van der Waals surface area contributed by atoms with Gasteiger partial charge in [0.25, 0.3) is 0 Å². The number of aliphatic carboxylic acids is 1. The third-order valence-corrected chi connectivity index (χ3v) is 2.69. The summed E-state index contributed by atoms with van der Waals surface area (Å²) in [5, 5.41) is 8.47. The van der Waals surface area contributed by atoms with E-state index in [2.05, 4.69) is 4.99 Å². The molecule has 9 heteroatoms. The maximum Gasteiger partial charge on any atom is 0.321 e. The highest BCUT2D eigenvalue weighted by Crippen LogP contribution is 2.04. The zero-order valence-electron chi connectivity index (χ0n) is 9.17. The van der Waals surface area contributed by atoms with Crippen molar-refractivity contribution in [1.29, 1.82) is 0 Å². The average molecular weight is 310 g/mol. The van der Waals surface area contributed by atoms with E-state index < -0.39 is 18.7 Å². The van der Waals surface area contributed by atoms with Crippen LogP contribution < -0.4 is 11.5 Å². The molecule has 0 saturated heterocycles. The number of carboxylic acids is 1. The first kappa shape index (κ1) is 22.0. The highest BCUT2D eigenvalue weighted by atomic mass is 35.5. The third kappa shape index (κ3) is 13.7. The molecule has 0 unspecified atom stereocenters. The van der Waals surface area contributed by atoms with Crippen molar-refractivity contribution in [1.82, 2.24) is 0 Å². The van der Waals surface area contributed by atoms with Crippen molar-refractivity contribution >= 4 is 48.4 Å². The van der Waals surface area contributed by atoms with Crippen LogP contribution in [0.4, 0.5) is 4.39 Å². The number of thioether (sulfide) groups is 1. The second kappa shape index (κ2) is 13.8. The Balaban J connectivity index is -0.000000980. The molecule has 0 heterocycles. The second-order valence-corrected chi connectivity index (χ2v) is 4.03. The second-order valence-electron chi connectivity index (χ2n) is 2.88. The van der Waals surface area contributed by atoms with Crippen LogP contribution in [0.1, 0.15) is 6.42 Å². The van der Waals surface area contributed by atoms with Gasteiger partial charge < -0.3 is 16.6 Å². The zero-order valence-corrected chi connectivity index (χ0v) is 11.6. The van der Waals surface area contributed by atoms with Crippen molar-refractivity contribution in [2.45, 2.75) is 12.5 Å². The van der Waals surface area contributed by atoms with Crippen LogP contribution in [0.5, 0.6) is 0 Å². The van der Waals surface area contributed by atoms with Crippen LogP contribution in [-0.4, -0.2) is 47.7 Å². The number of amidine groups is 1. The summed E-state index contributed by atoms with van der Waals surface area (Å²) >= 11 is 1.44. The van der Waals surface area contributed by atoms with Gasteiger partial charge in [-0.25, -0.2) is 4.39 Å². The first-order valence-corrected chi connectivity index (χ1v) is 5.64. The molecule has 0 aromatic rings. The number of alkyl halides is 1. The topological polar surface area (TPSA) is 102 Å². The van der Waals surface area contributed by atoms with Gasteiger partial charge in [-0.2, -0.15) is 11.8 Å². The standard InChI is InChI=1S/C8H16FN3O2S.2ClH/c9-4-7(11)12-2-1-3-15-5-6(10)8(13)14;;/h6H,1-5,10H2,(H2,11,12)(H,13,14);2*1H/t6-;;/m0../s1. The van der Waals surface area contributed by atoms with E-state index in [0.29, 0.717) is 12.3 Å². The maximum absolute atomic E-state index is 11.8. The van der Waals surface area contributed by atoms with E-state index in [1.165, 1.54) is 11.8 Å². The summed E-state index contributed by atoms with van der Waals surface area (Å²) in [4.78, 5) is 14.1. The van der Waals surface area contributed by atoms with Gasteiger partial charge in [0.15, 0.2) is 0 Å². The number of hydrogen-bond acceptors (Lipinski definition) is 4. The van der Waals surface area contributed by atoms with E-state index in [9.17, 15) is 9.18 Å². The van der Waals surface area contributed by atoms with Gasteiger partial charge in [-0.1, -0.05) is 0 Å². The smallest absolute Gasteiger partial charge is 0.321 e. The molecule has 5 nitrogen and oxygen atoms in total. The number of aliphatic imine (C=N–C) groups is 1. The summed E-state index contributed by atoms with van der Waals surface area (Å²) in [6.07, 6.45) is 0.734. The molecule has 0 bridgehead atoms. The Kier molecular flexibility index (Phi) is 17.9. The number of halogens is 3. The number of carbonyl (C=O) groups is 1. The first-order valence-electron chi connectivity index (χ1n) is 4.48. The molecule has 0 aliphatic carbocycles. The Morgan fingerprint density at radius 2 is 2.06 bits per heavy atom. The molecule has 0 amide bonds. The lowest BCUT2D eigenvalue weighted by atomic mass is 10.4. The number of nitrogens with zero attached hydrogens (tertiary/aromatic N) is 1. The Morgan fingerprint density at radius 3 is 2.53 bits per heavy atom. The zero-order chi connectivity index (χ0) is 11.7. The highest BCUT2D eigenvalue weighted by Gasteiger charge is 2.10. The lowest BCUT2D eigenvalue weighted by Crippen LogP contribution is -2.32. The average Bonchev–Trinajstić information content (AvgIpc) is 2.22. The molecule has 0 aliphatic heterocycles. The number of hydrogen-bond donors (Lipinski definition) is 3. The fraction of sp³-hybridized carbons (Fsp3) is 0.750. The van der Waals surface area contributed by atoms with E-state index in [1.807, 2.05) is 0 Å². The van der Waals surface area contributed by atoms with Gasteiger partial charge in [0.1, 0.15) is 18.6 Å². The van der Waals surface area contributed by atoms with E-state index in [-0.39, 0.29) is 30.6 Å². The molecule has 0 radical (unpaired) electrons. The Labute approximate surface area is 116 Å². The minimum Gasteiger partial charge on any atom is -0.480 e. The molecule has 0 aromatic carbocycles. The molecular formula is C8H18Cl2FN3O2S. The predicted molar refractivity (Wildman–Crippen MR) is 74.5 cm³/mol. The molecule has 1 atom stereocenters. The van der Waals surface area contributed by atoms with Crippen molar-refractivity contribution in [2.75, 3.05) is 24.7 Å². The molecule has 104 valence electrons. The van der Waals surface area contributed by atoms with Crippen LogP contribution >= 0.6 is 36.6 Å². The number of carboxylic acid groups (broad SMARTS) is 1. The molecule has 0 fully saturated rings. The lowest BCUT2D eigenvalue weighted by Gasteiger charge is -2.04. The van der Waals surface area contributed by atoms with Crippen LogP contribution in [-0.2, 0) is 4.79 Å². The SMILES string of the molecule is Cl.Cl.NC(CF)=NCCCSC[C@H](N)C(=O)O. The van der Waals surface area contributed by atoms with Gasteiger partial charge in [-0.3, -0.25) is 9.79 Å². The van der Waals surface area contributed by atoms with Gasteiger partial charge in [-0.15, -0.1) is 24.8 Å². The van der Waals surface area contributed by atoms with Crippen LogP contribution in [0.25, 0.3) is 0 Å². The van der Waals surface area contributed by atoms with Crippen LogP contribution in [0.2, 0.25) is 0 Å².